The smallest absolute Gasteiger partial charge is 0.134 e. The topological polar surface area (TPSA) is 25.2 Å². The summed E-state index contributed by atoms with van der Waals surface area (Å²) in [6, 6.07) is 10.6. The third-order valence-electron chi connectivity index (χ3n) is 3.68. The van der Waals surface area contributed by atoms with Crippen molar-refractivity contribution in [1.82, 2.24) is 5.32 Å². The first-order valence-electron chi connectivity index (χ1n) is 7.15. The van der Waals surface area contributed by atoms with Gasteiger partial charge in [0.1, 0.15) is 11.3 Å². The molecule has 1 aromatic carbocycles. The summed E-state index contributed by atoms with van der Waals surface area (Å²) in [4.78, 5) is 1.32. The van der Waals surface area contributed by atoms with Crippen LogP contribution in [-0.2, 0) is 13.0 Å². The van der Waals surface area contributed by atoms with Crippen molar-refractivity contribution >= 4 is 38.2 Å². The number of rotatable bonds is 5. The average molecular weight is 364 g/mol. The minimum atomic E-state index is 0.202. The molecule has 3 rings (SSSR count). The molecule has 0 fully saturated rings. The van der Waals surface area contributed by atoms with E-state index in [1.54, 1.807) is 11.3 Å². The molecular weight excluding hydrogens is 346 g/mol. The van der Waals surface area contributed by atoms with E-state index in [1.165, 1.54) is 15.8 Å². The van der Waals surface area contributed by atoms with Gasteiger partial charge in [0.25, 0.3) is 0 Å². The van der Waals surface area contributed by atoms with Crippen LogP contribution in [0.3, 0.4) is 0 Å². The molecule has 2 heterocycles. The van der Waals surface area contributed by atoms with Gasteiger partial charge in [-0.05, 0) is 41.4 Å². The third-order valence-corrected chi connectivity index (χ3v) is 5.38. The molecular formula is C17H18BrNOS. The summed E-state index contributed by atoms with van der Waals surface area (Å²) < 4.78 is 7.23. The third kappa shape index (κ3) is 3.07. The summed E-state index contributed by atoms with van der Waals surface area (Å²) in [6.07, 6.45) is 0.989. The van der Waals surface area contributed by atoms with Crippen LogP contribution in [0.5, 0.6) is 0 Å². The van der Waals surface area contributed by atoms with E-state index in [2.05, 4.69) is 58.7 Å². The number of hydrogen-bond donors (Lipinski definition) is 1. The monoisotopic (exact) mass is 363 g/mol. The van der Waals surface area contributed by atoms with E-state index in [9.17, 15) is 0 Å². The number of furan rings is 1. The van der Waals surface area contributed by atoms with Crippen molar-refractivity contribution < 1.29 is 4.42 Å². The fourth-order valence-corrected chi connectivity index (χ4v) is 4.03. The molecule has 4 heteroatoms. The van der Waals surface area contributed by atoms with Crippen LogP contribution in [0.1, 0.15) is 36.1 Å². The van der Waals surface area contributed by atoms with Crippen LogP contribution in [-0.4, -0.2) is 0 Å². The lowest BCUT2D eigenvalue weighted by molar-refractivity contribution is 0.447. The van der Waals surface area contributed by atoms with Crippen LogP contribution in [0.15, 0.2) is 44.6 Å². The highest BCUT2D eigenvalue weighted by Gasteiger charge is 2.17. The predicted molar refractivity (Wildman–Crippen MR) is 92.9 cm³/mol. The van der Waals surface area contributed by atoms with E-state index < -0.39 is 0 Å². The molecule has 2 aromatic heterocycles. The predicted octanol–water partition coefficient (Wildman–Crippen LogP) is 5.67. The summed E-state index contributed by atoms with van der Waals surface area (Å²) in [7, 11) is 0. The van der Waals surface area contributed by atoms with Gasteiger partial charge in [-0.1, -0.05) is 25.1 Å². The maximum atomic E-state index is 6.08. The summed E-state index contributed by atoms with van der Waals surface area (Å²) in [5.41, 5.74) is 2.30. The highest BCUT2D eigenvalue weighted by Crippen LogP contribution is 2.30. The Morgan fingerprint density at radius 1 is 1.33 bits per heavy atom. The van der Waals surface area contributed by atoms with Gasteiger partial charge in [0.2, 0.25) is 0 Å². The Kier molecular flexibility index (Phi) is 4.48. The Hall–Kier alpha value is -1.10. The van der Waals surface area contributed by atoms with Gasteiger partial charge in [-0.3, -0.25) is 0 Å². The van der Waals surface area contributed by atoms with E-state index >= 15 is 0 Å². The highest BCUT2D eigenvalue weighted by atomic mass is 79.9. The van der Waals surface area contributed by atoms with Gasteiger partial charge in [0.15, 0.2) is 0 Å². The minimum absolute atomic E-state index is 0.202. The number of halogens is 1. The molecule has 1 N–H and O–H groups in total. The lowest BCUT2D eigenvalue weighted by Crippen LogP contribution is -2.18. The summed E-state index contributed by atoms with van der Waals surface area (Å²) in [6.45, 7) is 5.21. The minimum Gasteiger partial charge on any atom is -0.459 e. The maximum Gasteiger partial charge on any atom is 0.134 e. The normalized spacial score (nSPS) is 12.9. The summed E-state index contributed by atoms with van der Waals surface area (Å²) >= 11 is 5.26. The van der Waals surface area contributed by atoms with Crippen molar-refractivity contribution in [3.05, 3.63) is 56.4 Å². The lowest BCUT2D eigenvalue weighted by atomic mass is 10.1. The van der Waals surface area contributed by atoms with Gasteiger partial charge in [-0.15, -0.1) is 11.3 Å². The SMILES string of the molecule is CCc1c(C(C)NCc2cc(Br)cs2)oc2ccccc12. The first kappa shape index (κ1) is 14.8. The van der Waals surface area contributed by atoms with E-state index in [0.29, 0.717) is 0 Å². The van der Waals surface area contributed by atoms with Crippen molar-refractivity contribution in [2.75, 3.05) is 0 Å². The average Bonchev–Trinajstić information content (AvgIpc) is 3.07. The second-order valence-electron chi connectivity index (χ2n) is 5.13. The molecule has 0 spiro atoms. The fourth-order valence-electron chi connectivity index (χ4n) is 2.63. The number of nitrogens with one attached hydrogen (secondary N) is 1. The van der Waals surface area contributed by atoms with Gasteiger partial charge in [-0.2, -0.15) is 0 Å². The molecule has 3 aromatic rings. The Morgan fingerprint density at radius 3 is 2.86 bits per heavy atom. The standard InChI is InChI=1S/C17H18BrNOS/c1-3-14-15-6-4-5-7-16(15)20-17(14)11(2)19-9-13-8-12(18)10-21-13/h4-8,10-11,19H,3,9H2,1-2H3. The maximum absolute atomic E-state index is 6.08. The Morgan fingerprint density at radius 2 is 2.14 bits per heavy atom. The fraction of sp³-hybridized carbons (Fsp3) is 0.294. The number of aryl methyl sites for hydroxylation is 1. The van der Waals surface area contributed by atoms with Crippen molar-refractivity contribution in [2.45, 2.75) is 32.9 Å². The van der Waals surface area contributed by atoms with Crippen molar-refractivity contribution in [3.8, 4) is 0 Å². The number of thiophene rings is 1. The van der Waals surface area contributed by atoms with Crippen LogP contribution in [0.2, 0.25) is 0 Å². The molecule has 0 radical (unpaired) electrons. The number of hydrogen-bond acceptors (Lipinski definition) is 3. The second-order valence-corrected chi connectivity index (χ2v) is 7.04. The molecule has 0 aliphatic heterocycles. The second kappa shape index (κ2) is 6.34. The Bertz CT molecular complexity index is 746. The van der Waals surface area contributed by atoms with Crippen molar-refractivity contribution in [2.24, 2.45) is 0 Å². The molecule has 0 amide bonds. The largest absolute Gasteiger partial charge is 0.459 e. The van der Waals surface area contributed by atoms with Gasteiger partial charge in [-0.25, -0.2) is 0 Å². The Balaban J connectivity index is 1.82. The van der Waals surface area contributed by atoms with Gasteiger partial charge < -0.3 is 9.73 Å². The first-order valence-corrected chi connectivity index (χ1v) is 8.83. The zero-order valence-corrected chi connectivity index (χ0v) is 14.6. The van der Waals surface area contributed by atoms with Gasteiger partial charge in [0.05, 0.1) is 6.04 Å². The Labute approximate surface area is 137 Å². The van der Waals surface area contributed by atoms with E-state index in [1.807, 2.05) is 12.1 Å². The van der Waals surface area contributed by atoms with E-state index in [0.717, 1.165) is 28.8 Å². The molecule has 1 atom stereocenters. The van der Waals surface area contributed by atoms with Crippen molar-refractivity contribution in [1.29, 1.82) is 0 Å². The van der Waals surface area contributed by atoms with Crippen LogP contribution in [0.25, 0.3) is 11.0 Å². The molecule has 2 nitrogen and oxygen atoms in total. The van der Waals surface area contributed by atoms with Crippen molar-refractivity contribution in [3.63, 3.8) is 0 Å². The highest BCUT2D eigenvalue weighted by molar-refractivity contribution is 9.10. The van der Waals surface area contributed by atoms with Crippen LogP contribution >= 0.6 is 27.3 Å². The molecule has 0 saturated carbocycles. The summed E-state index contributed by atoms with van der Waals surface area (Å²) in [5.74, 6) is 1.06. The summed E-state index contributed by atoms with van der Waals surface area (Å²) in [5, 5.41) is 6.91. The van der Waals surface area contributed by atoms with E-state index in [-0.39, 0.29) is 6.04 Å². The number of para-hydroxylation sites is 1. The van der Waals surface area contributed by atoms with Gasteiger partial charge >= 0.3 is 0 Å². The molecule has 0 saturated heterocycles. The molecule has 1 unspecified atom stereocenters. The van der Waals surface area contributed by atoms with Gasteiger partial charge in [0, 0.05) is 32.2 Å². The van der Waals surface area contributed by atoms with Crippen LogP contribution in [0, 0.1) is 0 Å². The zero-order chi connectivity index (χ0) is 14.8. The molecule has 0 aliphatic carbocycles. The number of fused-ring (bicyclic) bond motifs is 1. The molecule has 0 bridgehead atoms. The van der Waals surface area contributed by atoms with Crippen LogP contribution < -0.4 is 5.32 Å². The quantitative estimate of drug-likeness (QED) is 0.631. The van der Waals surface area contributed by atoms with Crippen LogP contribution in [0.4, 0.5) is 0 Å². The zero-order valence-electron chi connectivity index (χ0n) is 12.2. The molecule has 21 heavy (non-hydrogen) atoms. The molecule has 110 valence electrons. The lowest BCUT2D eigenvalue weighted by Gasteiger charge is -2.12. The number of benzene rings is 1. The molecule has 0 aliphatic rings. The first-order chi connectivity index (χ1) is 10.2. The van der Waals surface area contributed by atoms with E-state index in [4.69, 9.17) is 4.42 Å².